The number of para-hydroxylation sites is 2. The Labute approximate surface area is 373 Å². The monoisotopic (exact) mass is 815 g/mol. The van der Waals surface area contributed by atoms with Crippen molar-refractivity contribution in [1.29, 1.82) is 0 Å². The van der Waals surface area contributed by atoms with Crippen molar-refractivity contribution in [3.8, 4) is 55.6 Å². The summed E-state index contributed by atoms with van der Waals surface area (Å²) in [5, 5.41) is 2.23. The second kappa shape index (κ2) is 14.2. The molecule has 10 aromatic carbocycles. The zero-order chi connectivity index (χ0) is 42.4. The van der Waals surface area contributed by atoms with Crippen molar-refractivity contribution < 1.29 is 4.42 Å². The summed E-state index contributed by atoms with van der Waals surface area (Å²) in [6.07, 6.45) is 0. The van der Waals surface area contributed by atoms with Crippen LogP contribution in [-0.4, -0.2) is 0 Å². The highest BCUT2D eigenvalue weighted by atomic mass is 16.3. The molecule has 1 heterocycles. The van der Waals surface area contributed by atoms with Crippen molar-refractivity contribution in [2.75, 3.05) is 4.90 Å². The Bertz CT molecular complexity index is 3550. The number of rotatable bonds is 6. The Balaban J connectivity index is 0.970. The van der Waals surface area contributed by atoms with Crippen LogP contribution in [0.25, 0.3) is 77.6 Å². The molecule has 64 heavy (non-hydrogen) atoms. The van der Waals surface area contributed by atoms with Crippen molar-refractivity contribution >= 4 is 39.0 Å². The van der Waals surface area contributed by atoms with Gasteiger partial charge in [-0.05, 0) is 139 Å². The summed E-state index contributed by atoms with van der Waals surface area (Å²) in [6.45, 7) is 2.19. The van der Waals surface area contributed by atoms with Crippen LogP contribution in [0.5, 0.6) is 0 Å². The van der Waals surface area contributed by atoms with Crippen molar-refractivity contribution in [3.05, 3.63) is 258 Å². The molecule has 11 aromatic rings. The van der Waals surface area contributed by atoms with Gasteiger partial charge in [0.15, 0.2) is 0 Å². The first-order valence-corrected chi connectivity index (χ1v) is 22.2. The van der Waals surface area contributed by atoms with E-state index in [0.29, 0.717) is 0 Å². The molecule has 0 N–H and O–H groups in total. The van der Waals surface area contributed by atoms with Gasteiger partial charge in [0.1, 0.15) is 11.2 Å². The lowest BCUT2D eigenvalue weighted by molar-refractivity contribution is 0.670. The topological polar surface area (TPSA) is 16.4 Å². The lowest BCUT2D eigenvalue weighted by Crippen LogP contribution is -2.25. The van der Waals surface area contributed by atoms with E-state index in [1.807, 2.05) is 0 Å². The van der Waals surface area contributed by atoms with Gasteiger partial charge in [-0.3, -0.25) is 0 Å². The molecule has 2 nitrogen and oxygen atoms in total. The number of nitrogens with zero attached hydrogens (tertiary/aromatic N) is 1. The smallest absolute Gasteiger partial charge is 0.143 e. The average molecular weight is 816 g/mol. The number of anilines is 3. The molecule has 0 saturated heterocycles. The highest BCUT2D eigenvalue weighted by Crippen LogP contribution is 2.63. The predicted molar refractivity (Wildman–Crippen MR) is 266 cm³/mol. The van der Waals surface area contributed by atoms with E-state index in [0.717, 1.165) is 61.3 Å². The Hall–Kier alpha value is -8.20. The highest BCUT2D eigenvalue weighted by molar-refractivity contribution is 6.12. The van der Waals surface area contributed by atoms with Gasteiger partial charge in [0.05, 0.1) is 5.41 Å². The first kappa shape index (κ1) is 36.5. The SMILES string of the molecule is Cc1ccccc1N(c1ccc(-c2ccccc2)cc1)c1ccc(-c2cc(-c3ccc4c(c3)C3(c5ccccc5-c5ccccc53)c3ccccc3-4)c3oc4ccccc4c3c2)cc1. The van der Waals surface area contributed by atoms with E-state index in [-0.39, 0.29) is 0 Å². The van der Waals surface area contributed by atoms with E-state index in [1.54, 1.807) is 0 Å². The molecular weight excluding hydrogens is 775 g/mol. The quantitative estimate of drug-likeness (QED) is 0.166. The van der Waals surface area contributed by atoms with Gasteiger partial charge in [-0.2, -0.15) is 0 Å². The molecule has 0 atom stereocenters. The molecule has 0 fully saturated rings. The number of hydrogen-bond acceptors (Lipinski definition) is 2. The van der Waals surface area contributed by atoms with Crippen LogP contribution in [0, 0.1) is 6.92 Å². The average Bonchev–Trinajstić information content (AvgIpc) is 3.99. The van der Waals surface area contributed by atoms with Crippen LogP contribution in [0.1, 0.15) is 27.8 Å². The van der Waals surface area contributed by atoms with Crippen molar-refractivity contribution in [2.45, 2.75) is 12.3 Å². The fourth-order valence-electron chi connectivity index (χ4n) is 10.9. The number of hydrogen-bond donors (Lipinski definition) is 0. The molecule has 2 heteroatoms. The summed E-state index contributed by atoms with van der Waals surface area (Å²) in [5.74, 6) is 0. The second-order valence-corrected chi connectivity index (χ2v) is 17.2. The molecule has 2 aliphatic carbocycles. The van der Waals surface area contributed by atoms with Crippen LogP contribution in [0.2, 0.25) is 0 Å². The normalized spacial score (nSPS) is 12.9. The van der Waals surface area contributed by atoms with Crippen LogP contribution >= 0.6 is 0 Å². The molecule has 0 aliphatic heterocycles. The molecular formula is C62H41NO. The van der Waals surface area contributed by atoms with Crippen LogP contribution < -0.4 is 4.90 Å². The molecule has 0 bridgehead atoms. The van der Waals surface area contributed by atoms with Gasteiger partial charge in [-0.25, -0.2) is 0 Å². The zero-order valence-corrected chi connectivity index (χ0v) is 35.3. The Kier molecular flexibility index (Phi) is 8.07. The van der Waals surface area contributed by atoms with Gasteiger partial charge in [0, 0.05) is 33.4 Å². The van der Waals surface area contributed by atoms with Crippen molar-refractivity contribution in [2.24, 2.45) is 0 Å². The first-order valence-electron chi connectivity index (χ1n) is 22.2. The van der Waals surface area contributed by atoms with Gasteiger partial charge < -0.3 is 9.32 Å². The van der Waals surface area contributed by atoms with E-state index in [4.69, 9.17) is 4.42 Å². The number of aryl methyl sites for hydroxylation is 1. The van der Waals surface area contributed by atoms with Crippen LogP contribution in [0.15, 0.2) is 235 Å². The van der Waals surface area contributed by atoms with Crippen molar-refractivity contribution in [1.82, 2.24) is 0 Å². The summed E-state index contributed by atoms with van der Waals surface area (Å²) < 4.78 is 6.83. The molecule has 0 radical (unpaired) electrons. The number of benzene rings is 10. The van der Waals surface area contributed by atoms with Gasteiger partial charge >= 0.3 is 0 Å². The Morgan fingerprint density at radius 2 is 0.844 bits per heavy atom. The summed E-state index contributed by atoms with van der Waals surface area (Å²) in [7, 11) is 0. The summed E-state index contributed by atoms with van der Waals surface area (Å²) >= 11 is 0. The fraction of sp³-hybridized carbons (Fsp3) is 0.0323. The molecule has 0 saturated carbocycles. The standard InChI is InChI=1S/C62H41NO/c1-40-15-5-13-25-59(40)63(46-32-27-42(28-33-46)41-16-3-2-4-17-41)47-34-29-43(30-35-47)45-37-53(61-54(38-45)52-21-9-14-26-60(52)64-61)44-31-36-51-50-20-8-12-24-57(50)62(58(51)39-44)55-22-10-6-18-48(55)49-19-7-11-23-56(49)62/h2-39H,1H3. The first-order chi connectivity index (χ1) is 31.6. The maximum Gasteiger partial charge on any atom is 0.143 e. The lowest BCUT2D eigenvalue weighted by atomic mass is 9.70. The van der Waals surface area contributed by atoms with Gasteiger partial charge in [-0.15, -0.1) is 0 Å². The van der Waals surface area contributed by atoms with Crippen molar-refractivity contribution in [3.63, 3.8) is 0 Å². The van der Waals surface area contributed by atoms with E-state index in [1.165, 1.54) is 61.2 Å². The minimum Gasteiger partial charge on any atom is -0.455 e. The van der Waals surface area contributed by atoms with Gasteiger partial charge in [0.2, 0.25) is 0 Å². The van der Waals surface area contributed by atoms with Gasteiger partial charge in [-0.1, -0.05) is 176 Å². The number of fused-ring (bicyclic) bond motifs is 13. The minimum absolute atomic E-state index is 0.430. The Morgan fingerprint density at radius 3 is 1.48 bits per heavy atom. The zero-order valence-electron chi connectivity index (χ0n) is 35.3. The fourth-order valence-corrected chi connectivity index (χ4v) is 10.9. The second-order valence-electron chi connectivity index (χ2n) is 17.2. The summed E-state index contributed by atoms with van der Waals surface area (Å²) in [5.41, 5.74) is 23.4. The van der Waals surface area contributed by atoms with E-state index in [2.05, 4.69) is 242 Å². The highest BCUT2D eigenvalue weighted by Gasteiger charge is 2.51. The van der Waals surface area contributed by atoms with E-state index >= 15 is 0 Å². The number of furan rings is 1. The summed E-state index contributed by atoms with van der Waals surface area (Å²) in [6, 6.07) is 84.4. The van der Waals surface area contributed by atoms with Crippen LogP contribution in [0.4, 0.5) is 17.1 Å². The molecule has 1 aromatic heterocycles. The predicted octanol–water partition coefficient (Wildman–Crippen LogP) is 16.7. The molecule has 13 rings (SSSR count). The van der Waals surface area contributed by atoms with E-state index in [9.17, 15) is 0 Å². The third-order valence-electron chi connectivity index (χ3n) is 13.8. The molecule has 1 spiro atoms. The third kappa shape index (κ3) is 5.33. The molecule has 0 unspecified atom stereocenters. The summed E-state index contributed by atoms with van der Waals surface area (Å²) in [4.78, 5) is 2.36. The van der Waals surface area contributed by atoms with Crippen LogP contribution in [-0.2, 0) is 5.41 Å². The Morgan fingerprint density at radius 1 is 0.344 bits per heavy atom. The van der Waals surface area contributed by atoms with Crippen LogP contribution in [0.3, 0.4) is 0 Å². The third-order valence-corrected chi connectivity index (χ3v) is 13.8. The van der Waals surface area contributed by atoms with E-state index < -0.39 is 5.41 Å². The maximum atomic E-state index is 6.83. The largest absolute Gasteiger partial charge is 0.455 e. The minimum atomic E-state index is -0.430. The van der Waals surface area contributed by atoms with Gasteiger partial charge in [0.25, 0.3) is 0 Å². The molecule has 2 aliphatic rings. The maximum absolute atomic E-state index is 6.83. The molecule has 300 valence electrons. The molecule has 0 amide bonds. The lowest BCUT2D eigenvalue weighted by Gasteiger charge is -2.30.